The smallest absolute Gasteiger partial charge is 0.277 e. The summed E-state index contributed by atoms with van der Waals surface area (Å²) in [5.41, 5.74) is 4.33. The van der Waals surface area contributed by atoms with Crippen LogP contribution in [0.3, 0.4) is 0 Å². The van der Waals surface area contributed by atoms with Crippen LogP contribution in [0.1, 0.15) is 31.0 Å². The van der Waals surface area contributed by atoms with Gasteiger partial charge in [0.15, 0.2) is 6.61 Å². The zero-order valence-corrected chi connectivity index (χ0v) is 12.2. The number of nitrogens with zero attached hydrogens (tertiary/aromatic N) is 1. The number of carbonyl (C=O) groups is 1. The molecule has 0 aliphatic rings. The van der Waals surface area contributed by atoms with Gasteiger partial charge in [-0.2, -0.15) is 5.10 Å². The van der Waals surface area contributed by atoms with E-state index in [2.05, 4.69) is 29.4 Å². The van der Waals surface area contributed by atoms with Gasteiger partial charge in [-0.1, -0.05) is 32.0 Å². The van der Waals surface area contributed by atoms with Crippen LogP contribution in [-0.4, -0.2) is 23.7 Å². The van der Waals surface area contributed by atoms with Crippen molar-refractivity contribution in [2.24, 2.45) is 5.10 Å². The highest BCUT2D eigenvalue weighted by molar-refractivity contribution is 5.81. The molecule has 0 unspecified atom stereocenters. The highest BCUT2D eigenvalue weighted by atomic mass is 16.5. The summed E-state index contributed by atoms with van der Waals surface area (Å²) in [7, 11) is 0. The SMILES string of the molecule is CC(C)c1ccccc1OCC(=O)NN=Cc1ccc[nH]1. The van der Waals surface area contributed by atoms with Crippen molar-refractivity contribution in [3.63, 3.8) is 0 Å². The topological polar surface area (TPSA) is 66.5 Å². The van der Waals surface area contributed by atoms with Crippen LogP contribution in [0.2, 0.25) is 0 Å². The van der Waals surface area contributed by atoms with E-state index in [9.17, 15) is 4.79 Å². The molecule has 1 aromatic heterocycles. The largest absolute Gasteiger partial charge is 0.483 e. The fourth-order valence-corrected chi connectivity index (χ4v) is 1.86. The zero-order chi connectivity index (χ0) is 15.1. The summed E-state index contributed by atoms with van der Waals surface area (Å²) in [5, 5.41) is 3.85. The van der Waals surface area contributed by atoms with E-state index in [0.717, 1.165) is 17.0 Å². The van der Waals surface area contributed by atoms with Gasteiger partial charge in [0.1, 0.15) is 5.75 Å². The number of carbonyl (C=O) groups excluding carboxylic acids is 1. The first kappa shape index (κ1) is 14.8. The number of H-pyrrole nitrogens is 1. The summed E-state index contributed by atoms with van der Waals surface area (Å²) in [5.74, 6) is 0.780. The van der Waals surface area contributed by atoms with E-state index in [0.29, 0.717) is 5.92 Å². The average Bonchev–Trinajstić information content (AvgIpc) is 2.98. The first-order valence-electron chi connectivity index (χ1n) is 6.84. The Kier molecular flexibility index (Phi) is 5.15. The van der Waals surface area contributed by atoms with E-state index < -0.39 is 0 Å². The number of para-hydroxylation sites is 1. The second kappa shape index (κ2) is 7.28. The lowest BCUT2D eigenvalue weighted by Gasteiger charge is -2.12. The van der Waals surface area contributed by atoms with Crippen molar-refractivity contribution in [1.29, 1.82) is 0 Å². The summed E-state index contributed by atoms with van der Waals surface area (Å²) < 4.78 is 5.55. The summed E-state index contributed by atoms with van der Waals surface area (Å²) in [6, 6.07) is 11.4. The van der Waals surface area contributed by atoms with E-state index in [1.165, 1.54) is 0 Å². The van der Waals surface area contributed by atoms with E-state index in [1.807, 2.05) is 36.4 Å². The molecule has 0 saturated carbocycles. The highest BCUT2D eigenvalue weighted by Crippen LogP contribution is 2.25. The molecule has 0 spiro atoms. The van der Waals surface area contributed by atoms with Crippen LogP contribution in [0.15, 0.2) is 47.7 Å². The minimum atomic E-state index is -0.295. The quantitative estimate of drug-likeness (QED) is 0.633. The molecule has 0 atom stereocenters. The predicted molar refractivity (Wildman–Crippen MR) is 82.6 cm³/mol. The molecule has 1 aromatic carbocycles. The summed E-state index contributed by atoms with van der Waals surface area (Å²) in [6.07, 6.45) is 3.33. The number of hydrogen-bond donors (Lipinski definition) is 2. The zero-order valence-electron chi connectivity index (χ0n) is 12.2. The van der Waals surface area contributed by atoms with Gasteiger partial charge in [-0.15, -0.1) is 0 Å². The Labute approximate surface area is 124 Å². The highest BCUT2D eigenvalue weighted by Gasteiger charge is 2.08. The number of rotatable bonds is 6. The fraction of sp³-hybridized carbons (Fsp3) is 0.250. The van der Waals surface area contributed by atoms with Crippen molar-refractivity contribution in [1.82, 2.24) is 10.4 Å². The molecule has 5 nitrogen and oxygen atoms in total. The molecule has 0 saturated heterocycles. The number of hydrazone groups is 1. The maximum absolute atomic E-state index is 11.7. The van der Waals surface area contributed by atoms with Crippen LogP contribution in [0, 0.1) is 0 Å². The molecular weight excluding hydrogens is 266 g/mol. The van der Waals surface area contributed by atoms with Gasteiger partial charge in [-0.05, 0) is 29.7 Å². The van der Waals surface area contributed by atoms with Gasteiger partial charge in [0.25, 0.3) is 5.91 Å². The molecule has 2 aromatic rings. The first-order valence-corrected chi connectivity index (χ1v) is 6.84. The minimum absolute atomic E-state index is 0.0637. The predicted octanol–water partition coefficient (Wildman–Crippen LogP) is 2.67. The number of aromatic amines is 1. The first-order chi connectivity index (χ1) is 10.2. The molecule has 0 bridgehead atoms. The van der Waals surface area contributed by atoms with Crippen molar-refractivity contribution in [3.8, 4) is 5.75 Å². The number of aromatic nitrogens is 1. The lowest BCUT2D eigenvalue weighted by Crippen LogP contribution is -2.24. The molecule has 0 aliphatic heterocycles. The van der Waals surface area contributed by atoms with Crippen LogP contribution in [0.4, 0.5) is 0 Å². The Morgan fingerprint density at radius 2 is 2.14 bits per heavy atom. The standard InChI is InChI=1S/C16H19N3O2/c1-12(2)14-7-3-4-8-15(14)21-11-16(20)19-18-10-13-6-5-9-17-13/h3-10,12,17H,11H2,1-2H3,(H,19,20). The summed E-state index contributed by atoms with van der Waals surface area (Å²) in [6.45, 7) is 4.11. The molecular formula is C16H19N3O2. The van der Waals surface area contributed by atoms with Crippen molar-refractivity contribution >= 4 is 12.1 Å². The van der Waals surface area contributed by atoms with Gasteiger partial charge in [-0.25, -0.2) is 5.43 Å². The third kappa shape index (κ3) is 4.49. The summed E-state index contributed by atoms with van der Waals surface area (Å²) >= 11 is 0. The lowest BCUT2D eigenvalue weighted by atomic mass is 10.0. The fourth-order valence-electron chi connectivity index (χ4n) is 1.86. The van der Waals surface area contributed by atoms with Crippen LogP contribution < -0.4 is 10.2 Å². The lowest BCUT2D eigenvalue weighted by molar-refractivity contribution is -0.123. The Morgan fingerprint density at radius 1 is 1.33 bits per heavy atom. The molecule has 110 valence electrons. The number of hydrogen-bond acceptors (Lipinski definition) is 3. The van der Waals surface area contributed by atoms with Crippen LogP contribution in [0.25, 0.3) is 0 Å². The van der Waals surface area contributed by atoms with Crippen molar-refractivity contribution in [3.05, 3.63) is 53.9 Å². The second-order valence-corrected chi connectivity index (χ2v) is 4.90. The third-order valence-electron chi connectivity index (χ3n) is 2.91. The Balaban J connectivity index is 1.84. The van der Waals surface area contributed by atoms with E-state index in [1.54, 1.807) is 12.4 Å². The van der Waals surface area contributed by atoms with Gasteiger partial charge in [0, 0.05) is 6.20 Å². The molecule has 2 N–H and O–H groups in total. The van der Waals surface area contributed by atoms with Gasteiger partial charge in [0.05, 0.1) is 11.9 Å². The normalized spacial score (nSPS) is 11.0. The number of amides is 1. The minimum Gasteiger partial charge on any atom is -0.483 e. The maximum atomic E-state index is 11.7. The van der Waals surface area contributed by atoms with Gasteiger partial charge in [0.2, 0.25) is 0 Å². The van der Waals surface area contributed by atoms with E-state index in [4.69, 9.17) is 4.74 Å². The van der Waals surface area contributed by atoms with Crippen molar-refractivity contribution in [2.75, 3.05) is 6.61 Å². The van der Waals surface area contributed by atoms with Gasteiger partial charge >= 0.3 is 0 Å². The molecule has 1 heterocycles. The number of ether oxygens (including phenoxy) is 1. The molecule has 2 rings (SSSR count). The number of benzene rings is 1. The van der Waals surface area contributed by atoms with Gasteiger partial charge in [-0.3, -0.25) is 4.79 Å². The number of nitrogens with one attached hydrogen (secondary N) is 2. The maximum Gasteiger partial charge on any atom is 0.277 e. The molecule has 21 heavy (non-hydrogen) atoms. The average molecular weight is 285 g/mol. The Hall–Kier alpha value is -2.56. The van der Waals surface area contributed by atoms with Crippen LogP contribution in [0.5, 0.6) is 5.75 Å². The van der Waals surface area contributed by atoms with Crippen LogP contribution in [-0.2, 0) is 4.79 Å². The Morgan fingerprint density at radius 3 is 2.86 bits per heavy atom. The van der Waals surface area contributed by atoms with E-state index >= 15 is 0 Å². The molecule has 5 heteroatoms. The van der Waals surface area contributed by atoms with Gasteiger partial charge < -0.3 is 9.72 Å². The van der Waals surface area contributed by atoms with Crippen molar-refractivity contribution in [2.45, 2.75) is 19.8 Å². The van der Waals surface area contributed by atoms with E-state index in [-0.39, 0.29) is 12.5 Å². The monoisotopic (exact) mass is 285 g/mol. The molecule has 0 aliphatic carbocycles. The van der Waals surface area contributed by atoms with Crippen LogP contribution >= 0.6 is 0 Å². The molecule has 0 radical (unpaired) electrons. The summed E-state index contributed by atoms with van der Waals surface area (Å²) in [4.78, 5) is 14.6. The molecule has 1 amide bonds. The van der Waals surface area contributed by atoms with Crippen molar-refractivity contribution < 1.29 is 9.53 Å². The Bertz CT molecular complexity index is 604. The molecule has 0 fully saturated rings. The second-order valence-electron chi connectivity index (χ2n) is 4.90. The third-order valence-corrected chi connectivity index (χ3v) is 2.91.